The van der Waals surface area contributed by atoms with E-state index in [1.165, 1.54) is 16.9 Å². The zero-order valence-corrected chi connectivity index (χ0v) is 13.7. The molecule has 2 aromatic heterocycles. The Balaban J connectivity index is 1.87. The smallest absolute Gasteiger partial charge is 0.254 e. The lowest BCUT2D eigenvalue weighted by atomic mass is 9.95. The molecule has 1 aliphatic carbocycles. The Hall–Kier alpha value is -1.76. The summed E-state index contributed by atoms with van der Waals surface area (Å²) < 4.78 is 1.62. The highest BCUT2D eigenvalue weighted by atomic mass is 32.1. The van der Waals surface area contributed by atoms with Gasteiger partial charge in [-0.3, -0.25) is 4.79 Å². The third kappa shape index (κ3) is 3.04. The number of hydrogen-bond acceptors (Lipinski definition) is 5. The second-order valence-electron chi connectivity index (χ2n) is 5.61. The number of amides is 1. The Labute approximate surface area is 133 Å². The Morgan fingerprint density at radius 1 is 1.36 bits per heavy atom. The number of nitrogens with zero attached hydrogens (tertiary/aromatic N) is 4. The van der Waals surface area contributed by atoms with Gasteiger partial charge in [0.2, 0.25) is 0 Å². The Morgan fingerprint density at radius 3 is 3.00 bits per heavy atom. The SMILES string of the molecule is CCCCCNC(=O)c1c(-n2cnnn2)sc2c1CCCC2. The summed E-state index contributed by atoms with van der Waals surface area (Å²) in [6.07, 6.45) is 9.25. The first kappa shape index (κ1) is 15.1. The topological polar surface area (TPSA) is 72.7 Å². The van der Waals surface area contributed by atoms with E-state index in [0.29, 0.717) is 0 Å². The van der Waals surface area contributed by atoms with Crippen LogP contribution in [0, 0.1) is 0 Å². The van der Waals surface area contributed by atoms with Crippen molar-refractivity contribution in [3.05, 3.63) is 22.3 Å². The van der Waals surface area contributed by atoms with E-state index in [1.54, 1.807) is 22.3 Å². The number of rotatable bonds is 6. The number of aryl methyl sites for hydroxylation is 1. The lowest BCUT2D eigenvalue weighted by molar-refractivity contribution is 0.0952. The molecule has 7 heteroatoms. The molecule has 6 nitrogen and oxygen atoms in total. The highest BCUT2D eigenvalue weighted by Gasteiger charge is 2.26. The van der Waals surface area contributed by atoms with Crippen molar-refractivity contribution in [3.8, 4) is 5.00 Å². The van der Waals surface area contributed by atoms with Crippen LogP contribution in [0.5, 0.6) is 0 Å². The highest BCUT2D eigenvalue weighted by molar-refractivity contribution is 7.15. The van der Waals surface area contributed by atoms with Gasteiger partial charge in [0, 0.05) is 11.4 Å². The first-order valence-electron chi connectivity index (χ1n) is 7.97. The molecular formula is C15H21N5OS. The van der Waals surface area contributed by atoms with Crippen molar-refractivity contribution in [2.75, 3.05) is 6.54 Å². The fourth-order valence-electron chi connectivity index (χ4n) is 2.87. The molecule has 1 aliphatic rings. The number of unbranched alkanes of at least 4 members (excludes halogenated alkanes) is 2. The number of aromatic nitrogens is 4. The van der Waals surface area contributed by atoms with Gasteiger partial charge in [0.1, 0.15) is 11.3 Å². The molecule has 118 valence electrons. The Morgan fingerprint density at radius 2 is 2.23 bits per heavy atom. The third-order valence-corrected chi connectivity index (χ3v) is 5.28. The summed E-state index contributed by atoms with van der Waals surface area (Å²) in [5.41, 5.74) is 1.98. The molecule has 0 aliphatic heterocycles. The van der Waals surface area contributed by atoms with E-state index in [4.69, 9.17) is 0 Å². The second kappa shape index (κ2) is 7.00. The monoisotopic (exact) mass is 319 g/mol. The minimum atomic E-state index is 0.0148. The lowest BCUT2D eigenvalue weighted by Crippen LogP contribution is -2.26. The molecule has 1 N–H and O–H groups in total. The van der Waals surface area contributed by atoms with Gasteiger partial charge >= 0.3 is 0 Å². The molecule has 2 aromatic rings. The van der Waals surface area contributed by atoms with Gasteiger partial charge in [-0.25, -0.2) is 0 Å². The van der Waals surface area contributed by atoms with E-state index < -0.39 is 0 Å². The summed E-state index contributed by atoms with van der Waals surface area (Å²) in [7, 11) is 0. The summed E-state index contributed by atoms with van der Waals surface area (Å²) in [6.45, 7) is 2.89. The normalized spacial score (nSPS) is 13.9. The standard InChI is InChI=1S/C15H21N5OS/c1-2-3-6-9-16-14(21)13-11-7-4-5-8-12(11)22-15(13)20-10-17-18-19-20/h10H,2-9H2,1H3,(H,16,21). The summed E-state index contributed by atoms with van der Waals surface area (Å²) in [4.78, 5) is 14.0. The largest absolute Gasteiger partial charge is 0.352 e. The Bertz CT molecular complexity index is 635. The molecule has 0 radical (unpaired) electrons. The van der Waals surface area contributed by atoms with Gasteiger partial charge in [0.05, 0.1) is 5.56 Å². The molecule has 22 heavy (non-hydrogen) atoms. The van der Waals surface area contributed by atoms with Gasteiger partial charge < -0.3 is 5.32 Å². The van der Waals surface area contributed by atoms with E-state index in [1.807, 2.05) is 0 Å². The molecule has 0 spiro atoms. The van der Waals surface area contributed by atoms with Crippen LogP contribution in [-0.2, 0) is 12.8 Å². The van der Waals surface area contributed by atoms with Crippen LogP contribution in [0.25, 0.3) is 5.00 Å². The molecule has 0 saturated heterocycles. The molecular weight excluding hydrogens is 298 g/mol. The average Bonchev–Trinajstić information content (AvgIpc) is 3.17. The number of nitrogens with one attached hydrogen (secondary N) is 1. The fourth-order valence-corrected chi connectivity index (χ4v) is 4.17. The quantitative estimate of drug-likeness (QED) is 0.830. The fraction of sp³-hybridized carbons (Fsp3) is 0.600. The van der Waals surface area contributed by atoms with Crippen LogP contribution in [0.4, 0.5) is 0 Å². The molecule has 0 aromatic carbocycles. The van der Waals surface area contributed by atoms with Crippen molar-refractivity contribution < 1.29 is 4.79 Å². The van der Waals surface area contributed by atoms with Crippen molar-refractivity contribution in [2.24, 2.45) is 0 Å². The number of hydrogen-bond donors (Lipinski definition) is 1. The Kier molecular flexibility index (Phi) is 4.82. The van der Waals surface area contributed by atoms with Gasteiger partial charge in [0.15, 0.2) is 0 Å². The van der Waals surface area contributed by atoms with Crippen LogP contribution in [0.15, 0.2) is 6.33 Å². The van der Waals surface area contributed by atoms with E-state index in [-0.39, 0.29) is 5.91 Å². The average molecular weight is 319 g/mol. The minimum Gasteiger partial charge on any atom is -0.352 e. The molecule has 0 bridgehead atoms. The zero-order valence-electron chi connectivity index (χ0n) is 12.8. The third-order valence-electron chi connectivity index (χ3n) is 4.00. The predicted octanol–water partition coefficient (Wildman–Crippen LogP) is 2.52. The van der Waals surface area contributed by atoms with Crippen molar-refractivity contribution in [1.29, 1.82) is 0 Å². The first-order chi connectivity index (χ1) is 10.8. The number of tetrazole rings is 1. The first-order valence-corrected chi connectivity index (χ1v) is 8.79. The van der Waals surface area contributed by atoms with Crippen LogP contribution in [-0.4, -0.2) is 32.7 Å². The summed E-state index contributed by atoms with van der Waals surface area (Å²) >= 11 is 1.65. The number of carbonyl (C=O) groups is 1. The van der Waals surface area contributed by atoms with E-state index >= 15 is 0 Å². The van der Waals surface area contributed by atoms with Crippen LogP contribution in [0.1, 0.15) is 59.8 Å². The van der Waals surface area contributed by atoms with E-state index in [9.17, 15) is 4.79 Å². The maximum absolute atomic E-state index is 12.7. The van der Waals surface area contributed by atoms with Crippen molar-refractivity contribution in [3.63, 3.8) is 0 Å². The maximum Gasteiger partial charge on any atom is 0.254 e. The summed E-state index contributed by atoms with van der Waals surface area (Å²) in [5, 5.41) is 15.3. The van der Waals surface area contributed by atoms with Gasteiger partial charge in [-0.2, -0.15) is 4.68 Å². The maximum atomic E-state index is 12.7. The molecule has 0 atom stereocenters. The van der Waals surface area contributed by atoms with Crippen molar-refractivity contribution in [2.45, 2.75) is 51.9 Å². The number of fused-ring (bicyclic) bond motifs is 1. The second-order valence-corrected chi connectivity index (χ2v) is 6.69. The molecule has 0 unspecified atom stereocenters. The number of thiophene rings is 1. The molecule has 0 fully saturated rings. The predicted molar refractivity (Wildman–Crippen MR) is 85.5 cm³/mol. The summed E-state index contributed by atoms with van der Waals surface area (Å²) in [5.74, 6) is 0.0148. The molecule has 1 amide bonds. The highest BCUT2D eigenvalue weighted by Crippen LogP contribution is 2.36. The number of carbonyl (C=O) groups excluding carboxylic acids is 1. The molecule has 2 heterocycles. The zero-order chi connectivity index (χ0) is 15.4. The molecule has 0 saturated carbocycles. The minimum absolute atomic E-state index is 0.0148. The van der Waals surface area contributed by atoms with Crippen LogP contribution in [0.2, 0.25) is 0 Å². The van der Waals surface area contributed by atoms with Crippen molar-refractivity contribution >= 4 is 17.2 Å². The van der Waals surface area contributed by atoms with Gasteiger partial charge in [-0.15, -0.1) is 16.4 Å². The van der Waals surface area contributed by atoms with Gasteiger partial charge in [-0.05, 0) is 48.1 Å². The van der Waals surface area contributed by atoms with Gasteiger partial charge in [-0.1, -0.05) is 19.8 Å². The lowest BCUT2D eigenvalue weighted by Gasteiger charge is -2.13. The summed E-state index contributed by atoms with van der Waals surface area (Å²) in [6, 6.07) is 0. The van der Waals surface area contributed by atoms with Crippen LogP contribution in [0.3, 0.4) is 0 Å². The van der Waals surface area contributed by atoms with Crippen LogP contribution >= 0.6 is 11.3 Å². The van der Waals surface area contributed by atoms with Crippen molar-refractivity contribution in [1.82, 2.24) is 25.5 Å². The van der Waals surface area contributed by atoms with E-state index in [0.717, 1.165) is 55.6 Å². The van der Waals surface area contributed by atoms with E-state index in [2.05, 4.69) is 27.8 Å². The van der Waals surface area contributed by atoms with Gasteiger partial charge in [0.25, 0.3) is 5.91 Å². The molecule has 3 rings (SSSR count). The van der Waals surface area contributed by atoms with Crippen LogP contribution < -0.4 is 5.32 Å².